The van der Waals surface area contributed by atoms with Gasteiger partial charge in [-0.1, -0.05) is 13.8 Å². The molecule has 98 valence electrons. The highest BCUT2D eigenvalue weighted by atomic mass is 16.4. The lowest BCUT2D eigenvalue weighted by Gasteiger charge is -2.39. The van der Waals surface area contributed by atoms with E-state index in [1.807, 2.05) is 4.90 Å². The number of amides is 2. The van der Waals surface area contributed by atoms with Crippen LogP contribution in [0.25, 0.3) is 0 Å². The van der Waals surface area contributed by atoms with E-state index >= 15 is 0 Å². The smallest absolute Gasteiger partial charge is 0.319 e. The Labute approximate surface area is 102 Å². The minimum Gasteiger partial charge on any atom is -0.481 e. The van der Waals surface area contributed by atoms with E-state index in [0.29, 0.717) is 25.4 Å². The molecule has 0 spiro atoms. The first kappa shape index (κ1) is 13.8. The molecule has 2 amide bonds. The Morgan fingerprint density at radius 3 is 2.65 bits per heavy atom. The summed E-state index contributed by atoms with van der Waals surface area (Å²) in [4.78, 5) is 26.0. The van der Waals surface area contributed by atoms with E-state index in [2.05, 4.69) is 13.8 Å². The Morgan fingerprint density at radius 2 is 2.12 bits per heavy atom. The Hall–Kier alpha value is -1.26. The van der Waals surface area contributed by atoms with Crippen LogP contribution in [0.1, 0.15) is 26.7 Å². The van der Waals surface area contributed by atoms with Crippen molar-refractivity contribution in [2.24, 2.45) is 11.8 Å². The Morgan fingerprint density at radius 1 is 1.47 bits per heavy atom. The quantitative estimate of drug-likeness (QED) is 0.794. The van der Waals surface area contributed by atoms with Crippen LogP contribution < -0.4 is 0 Å². The van der Waals surface area contributed by atoms with Gasteiger partial charge < -0.3 is 14.9 Å². The summed E-state index contributed by atoms with van der Waals surface area (Å²) in [7, 11) is 1.78. The second-order valence-corrected chi connectivity index (χ2v) is 5.26. The third-order valence-electron chi connectivity index (χ3n) is 2.96. The molecular weight excluding hydrogens is 220 g/mol. The normalized spacial score (nSPS) is 21.2. The molecule has 5 heteroatoms. The van der Waals surface area contributed by atoms with Gasteiger partial charge in [-0.2, -0.15) is 0 Å². The second-order valence-electron chi connectivity index (χ2n) is 5.26. The lowest BCUT2D eigenvalue weighted by molar-refractivity contribution is -0.137. The first-order valence-electron chi connectivity index (χ1n) is 6.12. The lowest BCUT2D eigenvalue weighted by Crippen LogP contribution is -2.52. The molecule has 1 rings (SSSR count). The molecule has 0 radical (unpaired) electrons. The molecule has 0 aliphatic carbocycles. The molecular formula is C12H22N2O3. The van der Waals surface area contributed by atoms with Gasteiger partial charge >= 0.3 is 12.0 Å². The molecule has 1 saturated heterocycles. The topological polar surface area (TPSA) is 60.9 Å². The van der Waals surface area contributed by atoms with E-state index in [1.165, 1.54) is 0 Å². The van der Waals surface area contributed by atoms with Crippen molar-refractivity contribution in [3.8, 4) is 0 Å². The Balaban J connectivity index is 2.53. The molecule has 1 N–H and O–H groups in total. The van der Waals surface area contributed by atoms with E-state index in [4.69, 9.17) is 5.11 Å². The number of carbonyl (C=O) groups is 2. The highest BCUT2D eigenvalue weighted by Crippen LogP contribution is 2.18. The molecule has 1 heterocycles. The maximum atomic E-state index is 11.9. The van der Waals surface area contributed by atoms with Gasteiger partial charge in [-0.3, -0.25) is 4.79 Å². The van der Waals surface area contributed by atoms with Gasteiger partial charge in [0.25, 0.3) is 0 Å². The van der Waals surface area contributed by atoms with Crippen LogP contribution in [0, 0.1) is 11.8 Å². The van der Waals surface area contributed by atoms with E-state index < -0.39 is 5.97 Å². The molecule has 1 aliphatic rings. The molecule has 1 unspecified atom stereocenters. The predicted molar refractivity (Wildman–Crippen MR) is 64.8 cm³/mol. The van der Waals surface area contributed by atoms with E-state index in [9.17, 15) is 9.59 Å². The van der Waals surface area contributed by atoms with Crippen molar-refractivity contribution in [3.63, 3.8) is 0 Å². The van der Waals surface area contributed by atoms with E-state index in [-0.39, 0.29) is 18.4 Å². The summed E-state index contributed by atoms with van der Waals surface area (Å²) in [5.41, 5.74) is 0. The molecule has 1 aliphatic heterocycles. The van der Waals surface area contributed by atoms with Crippen molar-refractivity contribution in [1.82, 2.24) is 9.80 Å². The Kier molecular flexibility index (Phi) is 4.78. The third kappa shape index (κ3) is 4.24. The van der Waals surface area contributed by atoms with Crippen LogP contribution in [0.2, 0.25) is 0 Å². The highest BCUT2D eigenvalue weighted by molar-refractivity contribution is 5.75. The van der Waals surface area contributed by atoms with Gasteiger partial charge in [0.1, 0.15) is 0 Å². The van der Waals surface area contributed by atoms with Crippen molar-refractivity contribution >= 4 is 12.0 Å². The maximum Gasteiger partial charge on any atom is 0.319 e. The van der Waals surface area contributed by atoms with Crippen molar-refractivity contribution in [2.75, 3.05) is 26.7 Å². The van der Waals surface area contributed by atoms with E-state index in [1.54, 1.807) is 11.9 Å². The number of urea groups is 1. The number of aliphatic carboxylic acids is 1. The van der Waals surface area contributed by atoms with Crippen LogP contribution in [0.5, 0.6) is 0 Å². The van der Waals surface area contributed by atoms with E-state index in [0.717, 1.165) is 6.54 Å². The van der Waals surface area contributed by atoms with Gasteiger partial charge in [-0.15, -0.1) is 0 Å². The van der Waals surface area contributed by atoms with Gasteiger partial charge in [0, 0.05) is 33.1 Å². The van der Waals surface area contributed by atoms with Gasteiger partial charge in [0.05, 0.1) is 0 Å². The minimum absolute atomic E-state index is 0.0604. The molecule has 5 nitrogen and oxygen atoms in total. The molecule has 1 fully saturated rings. The summed E-state index contributed by atoms with van der Waals surface area (Å²) in [5, 5.41) is 8.68. The first-order valence-corrected chi connectivity index (χ1v) is 6.12. The molecule has 1 atom stereocenters. The number of carbonyl (C=O) groups excluding carboxylic acids is 1. The summed E-state index contributed by atoms with van der Waals surface area (Å²) in [6.07, 6.45) is 0.823. The number of rotatable bonds is 5. The fourth-order valence-corrected chi connectivity index (χ4v) is 2.26. The van der Waals surface area contributed by atoms with Crippen LogP contribution in [0.4, 0.5) is 4.79 Å². The van der Waals surface area contributed by atoms with Crippen LogP contribution in [0.15, 0.2) is 0 Å². The molecule has 0 aromatic carbocycles. The van der Waals surface area contributed by atoms with Gasteiger partial charge in [-0.25, -0.2) is 4.79 Å². The summed E-state index contributed by atoms with van der Waals surface area (Å²) in [6.45, 7) is 6.25. The third-order valence-corrected chi connectivity index (χ3v) is 2.96. The molecule has 0 bridgehead atoms. The fourth-order valence-electron chi connectivity index (χ4n) is 2.26. The minimum atomic E-state index is -0.764. The average Bonchev–Trinajstić information content (AvgIpc) is 2.21. The van der Waals surface area contributed by atoms with Crippen LogP contribution >= 0.6 is 0 Å². The summed E-state index contributed by atoms with van der Waals surface area (Å²) >= 11 is 0. The molecule has 0 aromatic rings. The molecule has 0 aromatic heterocycles. The molecule has 0 saturated carbocycles. The zero-order chi connectivity index (χ0) is 13.0. The zero-order valence-electron chi connectivity index (χ0n) is 10.8. The van der Waals surface area contributed by atoms with Gasteiger partial charge in [-0.05, 0) is 18.3 Å². The SMILES string of the molecule is CC(C)CN1CC(CCC(=O)O)CN(C)C1=O. The number of carboxylic acid groups (broad SMARTS) is 1. The van der Waals surface area contributed by atoms with Crippen molar-refractivity contribution < 1.29 is 14.7 Å². The lowest BCUT2D eigenvalue weighted by atomic mass is 9.99. The summed E-state index contributed by atoms with van der Waals surface area (Å²) < 4.78 is 0. The zero-order valence-corrected chi connectivity index (χ0v) is 10.8. The average molecular weight is 242 g/mol. The standard InChI is InChI=1S/C12H22N2O3/c1-9(2)6-14-8-10(4-5-11(15)16)7-13(3)12(14)17/h9-10H,4-8H2,1-3H3,(H,15,16). The van der Waals surface area contributed by atoms with Gasteiger partial charge in [0.2, 0.25) is 0 Å². The second kappa shape index (κ2) is 5.89. The van der Waals surface area contributed by atoms with Crippen LogP contribution in [0.3, 0.4) is 0 Å². The molecule has 17 heavy (non-hydrogen) atoms. The number of hydrogen-bond acceptors (Lipinski definition) is 2. The number of nitrogens with zero attached hydrogens (tertiary/aromatic N) is 2. The predicted octanol–water partition coefficient (Wildman–Crippen LogP) is 1.49. The number of hydrogen-bond donors (Lipinski definition) is 1. The summed E-state index contributed by atoms with van der Waals surface area (Å²) in [5.74, 6) is -0.0573. The van der Waals surface area contributed by atoms with Crippen molar-refractivity contribution in [2.45, 2.75) is 26.7 Å². The summed E-state index contributed by atoms with van der Waals surface area (Å²) in [6, 6.07) is 0.0604. The maximum absolute atomic E-state index is 11.9. The van der Waals surface area contributed by atoms with Crippen molar-refractivity contribution in [3.05, 3.63) is 0 Å². The van der Waals surface area contributed by atoms with Gasteiger partial charge in [0.15, 0.2) is 0 Å². The largest absolute Gasteiger partial charge is 0.481 e. The number of carboxylic acids is 1. The van der Waals surface area contributed by atoms with Crippen LogP contribution in [-0.4, -0.2) is 53.6 Å². The monoisotopic (exact) mass is 242 g/mol. The van der Waals surface area contributed by atoms with Crippen molar-refractivity contribution in [1.29, 1.82) is 0 Å². The highest BCUT2D eigenvalue weighted by Gasteiger charge is 2.29. The van der Waals surface area contributed by atoms with Crippen LogP contribution in [-0.2, 0) is 4.79 Å². The fraction of sp³-hybridized carbons (Fsp3) is 0.833. The Bertz CT molecular complexity index is 291. The first-order chi connectivity index (χ1) is 7.90.